The predicted octanol–water partition coefficient (Wildman–Crippen LogP) is 4.40. The Morgan fingerprint density at radius 2 is 2.00 bits per heavy atom. The average Bonchev–Trinajstić information content (AvgIpc) is 2.99. The molecule has 0 saturated heterocycles. The fourth-order valence-corrected chi connectivity index (χ4v) is 2.49. The number of imidazole rings is 1. The van der Waals surface area contributed by atoms with E-state index in [1.54, 1.807) is 7.11 Å². The van der Waals surface area contributed by atoms with E-state index in [1.807, 2.05) is 42.5 Å². The van der Waals surface area contributed by atoms with Crippen LogP contribution in [0, 0.1) is 0 Å². The fourth-order valence-electron chi connectivity index (χ4n) is 2.26. The number of hydrogen-bond acceptors (Lipinski definition) is 3. The van der Waals surface area contributed by atoms with Crippen molar-refractivity contribution in [3.8, 4) is 22.9 Å². The highest BCUT2D eigenvalue weighted by Crippen LogP contribution is 2.32. The van der Waals surface area contributed by atoms with Crippen LogP contribution in [-0.2, 0) is 0 Å². The number of nitrogens with zero attached hydrogens (tertiary/aromatic N) is 1. The van der Waals surface area contributed by atoms with Crippen LogP contribution in [0.4, 0.5) is 0 Å². The standard InChI is InChI=1S/C17H17BrN2O2/c1-21-16-11-12(7-8-15(16)22-10-4-9-18)17-19-13-5-2-3-6-14(13)20-17/h2-3,5-8,11H,4,9-10H2,1H3,(H,19,20). The summed E-state index contributed by atoms with van der Waals surface area (Å²) in [7, 11) is 1.65. The van der Waals surface area contributed by atoms with Gasteiger partial charge in [0, 0.05) is 10.9 Å². The largest absolute Gasteiger partial charge is 0.493 e. The molecule has 1 N–H and O–H groups in total. The smallest absolute Gasteiger partial charge is 0.161 e. The SMILES string of the molecule is COc1cc(-c2nc3ccccc3[nH]2)ccc1OCCCBr. The summed E-state index contributed by atoms with van der Waals surface area (Å²) in [5, 5.41) is 0.923. The molecule has 0 amide bonds. The molecular formula is C17H17BrN2O2. The molecular weight excluding hydrogens is 344 g/mol. The quantitative estimate of drug-likeness (QED) is 0.523. The van der Waals surface area contributed by atoms with Gasteiger partial charge in [-0.2, -0.15) is 0 Å². The first-order valence-corrected chi connectivity index (χ1v) is 8.26. The number of alkyl halides is 1. The highest BCUT2D eigenvalue weighted by atomic mass is 79.9. The molecule has 114 valence electrons. The maximum Gasteiger partial charge on any atom is 0.161 e. The van der Waals surface area contributed by atoms with E-state index >= 15 is 0 Å². The normalized spacial score (nSPS) is 10.8. The van der Waals surface area contributed by atoms with Gasteiger partial charge in [-0.3, -0.25) is 0 Å². The van der Waals surface area contributed by atoms with E-state index in [9.17, 15) is 0 Å². The lowest BCUT2D eigenvalue weighted by molar-refractivity contribution is 0.295. The van der Waals surface area contributed by atoms with Crippen molar-refractivity contribution in [2.45, 2.75) is 6.42 Å². The molecule has 1 heterocycles. The highest BCUT2D eigenvalue weighted by molar-refractivity contribution is 9.09. The van der Waals surface area contributed by atoms with Crippen molar-refractivity contribution in [3.63, 3.8) is 0 Å². The van der Waals surface area contributed by atoms with E-state index in [2.05, 4.69) is 25.9 Å². The predicted molar refractivity (Wildman–Crippen MR) is 92.0 cm³/mol. The van der Waals surface area contributed by atoms with Crippen LogP contribution >= 0.6 is 15.9 Å². The molecule has 0 saturated carbocycles. The topological polar surface area (TPSA) is 47.1 Å². The first-order valence-electron chi connectivity index (χ1n) is 7.14. The number of halogens is 1. The minimum Gasteiger partial charge on any atom is -0.493 e. The van der Waals surface area contributed by atoms with E-state index in [-0.39, 0.29) is 0 Å². The van der Waals surface area contributed by atoms with Crippen LogP contribution in [0.3, 0.4) is 0 Å². The van der Waals surface area contributed by atoms with Crippen LogP contribution in [0.2, 0.25) is 0 Å². The van der Waals surface area contributed by atoms with Gasteiger partial charge in [0.15, 0.2) is 11.5 Å². The minimum absolute atomic E-state index is 0.658. The number of rotatable bonds is 6. The summed E-state index contributed by atoms with van der Waals surface area (Å²) in [4.78, 5) is 7.93. The van der Waals surface area contributed by atoms with E-state index in [4.69, 9.17) is 9.47 Å². The molecule has 0 unspecified atom stereocenters. The van der Waals surface area contributed by atoms with Crippen molar-refractivity contribution in [3.05, 3.63) is 42.5 Å². The summed E-state index contributed by atoms with van der Waals surface area (Å²) in [6.07, 6.45) is 0.953. The molecule has 0 radical (unpaired) electrons. The van der Waals surface area contributed by atoms with Crippen LogP contribution in [0.1, 0.15) is 6.42 Å². The Balaban J connectivity index is 1.90. The number of H-pyrrole nitrogens is 1. The number of ether oxygens (including phenoxy) is 2. The number of methoxy groups -OCH3 is 1. The van der Waals surface area contributed by atoms with Gasteiger partial charge in [-0.1, -0.05) is 28.1 Å². The molecule has 0 spiro atoms. The fraction of sp³-hybridized carbons (Fsp3) is 0.235. The summed E-state index contributed by atoms with van der Waals surface area (Å²) in [5.41, 5.74) is 2.95. The Hall–Kier alpha value is -2.01. The van der Waals surface area contributed by atoms with Gasteiger partial charge in [-0.05, 0) is 36.8 Å². The molecule has 2 aromatic carbocycles. The summed E-state index contributed by atoms with van der Waals surface area (Å²) < 4.78 is 11.2. The average molecular weight is 361 g/mol. The number of benzene rings is 2. The lowest BCUT2D eigenvalue weighted by atomic mass is 10.2. The van der Waals surface area contributed by atoms with E-state index in [1.165, 1.54) is 0 Å². The van der Waals surface area contributed by atoms with Gasteiger partial charge in [-0.25, -0.2) is 4.98 Å². The lowest BCUT2D eigenvalue weighted by Crippen LogP contribution is -2.00. The van der Waals surface area contributed by atoms with Crippen LogP contribution < -0.4 is 9.47 Å². The third-order valence-electron chi connectivity index (χ3n) is 3.36. The maximum absolute atomic E-state index is 5.73. The molecule has 5 heteroatoms. The van der Waals surface area contributed by atoms with Crippen molar-refractivity contribution < 1.29 is 9.47 Å². The summed E-state index contributed by atoms with van der Waals surface area (Å²) in [6.45, 7) is 0.658. The van der Waals surface area contributed by atoms with E-state index < -0.39 is 0 Å². The second kappa shape index (κ2) is 6.83. The van der Waals surface area contributed by atoms with Crippen LogP contribution in [0.5, 0.6) is 11.5 Å². The Morgan fingerprint density at radius 1 is 1.14 bits per heavy atom. The molecule has 1 aromatic heterocycles. The van der Waals surface area contributed by atoms with Crippen molar-refractivity contribution in [1.29, 1.82) is 0 Å². The Morgan fingerprint density at radius 3 is 2.77 bits per heavy atom. The van der Waals surface area contributed by atoms with Crippen molar-refractivity contribution >= 4 is 27.0 Å². The molecule has 0 bridgehead atoms. The Kier molecular flexibility index (Phi) is 4.63. The summed E-state index contributed by atoms with van der Waals surface area (Å²) >= 11 is 3.39. The van der Waals surface area contributed by atoms with Crippen molar-refractivity contribution in [1.82, 2.24) is 9.97 Å². The second-order valence-corrected chi connectivity index (χ2v) is 5.65. The lowest BCUT2D eigenvalue weighted by Gasteiger charge is -2.11. The first-order chi connectivity index (χ1) is 10.8. The molecule has 0 aliphatic rings. The van der Waals surface area contributed by atoms with E-state index in [0.717, 1.165) is 39.9 Å². The third-order valence-corrected chi connectivity index (χ3v) is 3.92. The first kappa shape index (κ1) is 14.9. The molecule has 22 heavy (non-hydrogen) atoms. The summed E-state index contributed by atoms with van der Waals surface area (Å²) in [5.74, 6) is 2.29. The molecule has 0 aliphatic carbocycles. The van der Waals surface area contributed by atoms with Crippen molar-refractivity contribution in [2.75, 3.05) is 19.0 Å². The maximum atomic E-state index is 5.73. The van der Waals surface area contributed by atoms with Gasteiger partial charge in [0.25, 0.3) is 0 Å². The molecule has 0 aliphatic heterocycles. The zero-order valence-corrected chi connectivity index (χ0v) is 13.9. The zero-order valence-electron chi connectivity index (χ0n) is 12.3. The van der Waals surface area contributed by atoms with Crippen LogP contribution in [-0.4, -0.2) is 29.0 Å². The van der Waals surface area contributed by atoms with Gasteiger partial charge in [0.1, 0.15) is 5.82 Å². The van der Waals surface area contributed by atoms with Gasteiger partial charge >= 0.3 is 0 Å². The molecule has 0 fully saturated rings. The molecule has 4 nitrogen and oxygen atoms in total. The number of aromatic amines is 1. The number of hydrogen-bond donors (Lipinski definition) is 1. The van der Waals surface area contributed by atoms with Crippen molar-refractivity contribution in [2.24, 2.45) is 0 Å². The highest BCUT2D eigenvalue weighted by Gasteiger charge is 2.10. The van der Waals surface area contributed by atoms with Gasteiger partial charge < -0.3 is 14.5 Å². The van der Waals surface area contributed by atoms with E-state index in [0.29, 0.717) is 12.4 Å². The van der Waals surface area contributed by atoms with Crippen LogP contribution in [0.15, 0.2) is 42.5 Å². The number of fused-ring (bicyclic) bond motifs is 1. The Bertz CT molecular complexity index is 737. The second-order valence-electron chi connectivity index (χ2n) is 4.86. The summed E-state index contributed by atoms with van der Waals surface area (Å²) in [6, 6.07) is 13.8. The van der Waals surface area contributed by atoms with Gasteiger partial charge in [0.05, 0.1) is 24.8 Å². The molecule has 3 rings (SSSR count). The number of nitrogens with one attached hydrogen (secondary N) is 1. The Labute approximate surface area is 137 Å². The monoisotopic (exact) mass is 360 g/mol. The number of aromatic nitrogens is 2. The molecule has 3 aromatic rings. The van der Waals surface area contributed by atoms with Gasteiger partial charge in [-0.15, -0.1) is 0 Å². The zero-order chi connectivity index (χ0) is 15.4. The molecule has 0 atom stereocenters. The minimum atomic E-state index is 0.658. The van der Waals surface area contributed by atoms with Gasteiger partial charge in [0.2, 0.25) is 0 Å². The van der Waals surface area contributed by atoms with Crippen LogP contribution in [0.25, 0.3) is 22.4 Å². The third kappa shape index (κ3) is 3.09. The number of para-hydroxylation sites is 2.